The standard InChI is InChI=1S/C26H29N5O/c1-18-22(19(2)31-26(27-18)23-10-6-7-11-24(23)29-31)12-13-25(32)28-21-14-15-30(17-21)16-20-8-4-3-5-9-20/h3-11,21H,12-17H2,1-2H3,(H,28,32). The summed E-state index contributed by atoms with van der Waals surface area (Å²) in [4.78, 5) is 19.9. The second kappa shape index (κ2) is 8.71. The van der Waals surface area contributed by atoms with Crippen LogP contribution in [0.15, 0.2) is 54.6 Å². The zero-order chi connectivity index (χ0) is 22.1. The van der Waals surface area contributed by atoms with Crippen molar-refractivity contribution in [3.05, 3.63) is 77.1 Å². The van der Waals surface area contributed by atoms with Gasteiger partial charge >= 0.3 is 0 Å². The number of carbonyl (C=O) groups excluding carboxylic acids is 1. The lowest BCUT2D eigenvalue weighted by Crippen LogP contribution is -2.37. The van der Waals surface area contributed by atoms with Crippen molar-refractivity contribution >= 4 is 22.5 Å². The van der Waals surface area contributed by atoms with Crippen molar-refractivity contribution in [1.29, 1.82) is 0 Å². The predicted octanol–water partition coefficient (Wildman–Crippen LogP) is 3.82. The molecule has 1 fully saturated rings. The van der Waals surface area contributed by atoms with Gasteiger partial charge in [0.25, 0.3) is 0 Å². The van der Waals surface area contributed by atoms with Crippen LogP contribution >= 0.6 is 0 Å². The smallest absolute Gasteiger partial charge is 0.220 e. The van der Waals surface area contributed by atoms with Crippen LogP contribution in [-0.2, 0) is 17.8 Å². The highest BCUT2D eigenvalue weighted by Gasteiger charge is 2.24. The third-order valence-electron chi connectivity index (χ3n) is 6.51. The molecule has 1 saturated heterocycles. The molecule has 1 unspecified atom stereocenters. The number of hydrogen-bond acceptors (Lipinski definition) is 4. The molecule has 5 rings (SSSR count). The van der Waals surface area contributed by atoms with Crippen LogP contribution in [0.25, 0.3) is 16.6 Å². The molecule has 164 valence electrons. The molecular weight excluding hydrogens is 398 g/mol. The maximum atomic E-state index is 12.7. The summed E-state index contributed by atoms with van der Waals surface area (Å²) in [6.45, 7) is 6.97. The average Bonchev–Trinajstić information content (AvgIpc) is 3.38. The number of likely N-dealkylation sites (tertiary alicyclic amines) is 1. The van der Waals surface area contributed by atoms with Gasteiger partial charge < -0.3 is 5.32 Å². The van der Waals surface area contributed by atoms with Crippen LogP contribution in [0, 0.1) is 13.8 Å². The lowest BCUT2D eigenvalue weighted by Gasteiger charge is -2.17. The van der Waals surface area contributed by atoms with E-state index in [1.165, 1.54) is 5.56 Å². The summed E-state index contributed by atoms with van der Waals surface area (Å²) in [6.07, 6.45) is 2.14. The normalized spacial score (nSPS) is 16.8. The molecule has 3 heterocycles. The summed E-state index contributed by atoms with van der Waals surface area (Å²) >= 11 is 0. The summed E-state index contributed by atoms with van der Waals surface area (Å²) in [5.74, 6) is 0.112. The molecule has 6 nitrogen and oxygen atoms in total. The quantitative estimate of drug-likeness (QED) is 0.508. The van der Waals surface area contributed by atoms with Gasteiger partial charge in [0, 0.05) is 48.9 Å². The number of carbonyl (C=O) groups is 1. The van der Waals surface area contributed by atoms with Crippen LogP contribution < -0.4 is 5.32 Å². The van der Waals surface area contributed by atoms with Gasteiger partial charge in [0.05, 0.1) is 5.52 Å². The molecule has 0 spiro atoms. The molecule has 1 atom stereocenters. The Bertz CT molecular complexity index is 1260. The molecule has 2 aromatic carbocycles. The van der Waals surface area contributed by atoms with Gasteiger partial charge in [0.2, 0.25) is 5.91 Å². The molecule has 1 aliphatic rings. The molecule has 0 radical (unpaired) electrons. The fraction of sp³-hybridized carbons (Fsp3) is 0.346. The Hall–Kier alpha value is -3.25. The van der Waals surface area contributed by atoms with Crippen LogP contribution in [0.1, 0.15) is 35.4 Å². The zero-order valence-electron chi connectivity index (χ0n) is 18.7. The Labute approximate surface area is 188 Å². The first-order chi connectivity index (χ1) is 15.6. The van der Waals surface area contributed by atoms with Crippen LogP contribution in [0.3, 0.4) is 0 Å². The van der Waals surface area contributed by atoms with Crippen molar-refractivity contribution in [1.82, 2.24) is 24.8 Å². The molecule has 32 heavy (non-hydrogen) atoms. The van der Waals surface area contributed by atoms with Crippen molar-refractivity contribution in [2.75, 3.05) is 13.1 Å². The Morgan fingerprint density at radius 1 is 1.09 bits per heavy atom. The second-order valence-corrected chi connectivity index (χ2v) is 8.79. The zero-order valence-corrected chi connectivity index (χ0v) is 18.7. The molecule has 0 saturated carbocycles. The third-order valence-corrected chi connectivity index (χ3v) is 6.51. The summed E-state index contributed by atoms with van der Waals surface area (Å²) < 4.78 is 1.92. The van der Waals surface area contributed by atoms with Crippen LogP contribution in [0.2, 0.25) is 0 Å². The van der Waals surface area contributed by atoms with E-state index in [0.717, 1.165) is 59.6 Å². The van der Waals surface area contributed by atoms with Crippen LogP contribution in [0.4, 0.5) is 0 Å². The summed E-state index contributed by atoms with van der Waals surface area (Å²) in [6, 6.07) is 18.8. The van der Waals surface area contributed by atoms with Crippen molar-refractivity contribution in [3.63, 3.8) is 0 Å². The Morgan fingerprint density at radius 2 is 1.88 bits per heavy atom. The Balaban J connectivity index is 1.21. The minimum atomic E-state index is 0.112. The molecule has 0 aliphatic carbocycles. The number of rotatable bonds is 6. The van der Waals surface area contributed by atoms with E-state index < -0.39 is 0 Å². The van der Waals surface area contributed by atoms with E-state index in [0.29, 0.717) is 12.8 Å². The first-order valence-corrected chi connectivity index (χ1v) is 11.4. The predicted molar refractivity (Wildman–Crippen MR) is 127 cm³/mol. The van der Waals surface area contributed by atoms with E-state index in [1.54, 1.807) is 0 Å². The highest BCUT2D eigenvalue weighted by molar-refractivity contribution is 5.92. The van der Waals surface area contributed by atoms with Crippen LogP contribution in [-0.4, -0.2) is 44.5 Å². The number of aromatic nitrogens is 3. The molecule has 0 bridgehead atoms. The monoisotopic (exact) mass is 427 g/mol. The van der Waals surface area contributed by atoms with Gasteiger partial charge in [0.1, 0.15) is 0 Å². The van der Waals surface area contributed by atoms with Crippen molar-refractivity contribution in [2.24, 2.45) is 0 Å². The maximum Gasteiger partial charge on any atom is 0.220 e. The molecule has 1 amide bonds. The van der Waals surface area contributed by atoms with Gasteiger partial charge in [-0.15, -0.1) is 0 Å². The Kier molecular flexibility index (Phi) is 5.62. The van der Waals surface area contributed by atoms with Crippen molar-refractivity contribution < 1.29 is 4.79 Å². The molecule has 6 heteroatoms. The SMILES string of the molecule is Cc1nc2c3ccccc3nn2c(C)c1CCC(=O)NC1CCN(Cc2ccccc2)C1. The fourth-order valence-corrected chi connectivity index (χ4v) is 4.81. The van der Waals surface area contributed by atoms with Crippen molar-refractivity contribution in [3.8, 4) is 0 Å². The number of nitrogens with one attached hydrogen (secondary N) is 1. The summed E-state index contributed by atoms with van der Waals surface area (Å²) in [7, 11) is 0. The first-order valence-electron chi connectivity index (χ1n) is 11.4. The Morgan fingerprint density at radius 3 is 2.72 bits per heavy atom. The van der Waals surface area contributed by atoms with E-state index in [4.69, 9.17) is 10.1 Å². The molecule has 1 aliphatic heterocycles. The lowest BCUT2D eigenvalue weighted by molar-refractivity contribution is -0.121. The van der Waals surface area contributed by atoms with E-state index in [1.807, 2.05) is 35.7 Å². The lowest BCUT2D eigenvalue weighted by atomic mass is 10.1. The number of amides is 1. The number of hydrogen-bond donors (Lipinski definition) is 1. The maximum absolute atomic E-state index is 12.7. The van der Waals surface area contributed by atoms with E-state index in [2.05, 4.69) is 47.5 Å². The van der Waals surface area contributed by atoms with E-state index >= 15 is 0 Å². The van der Waals surface area contributed by atoms with Crippen molar-refractivity contribution in [2.45, 2.75) is 45.7 Å². The van der Waals surface area contributed by atoms with Gasteiger partial charge in [-0.25, -0.2) is 9.50 Å². The summed E-state index contributed by atoms with van der Waals surface area (Å²) in [5, 5.41) is 9.02. The van der Waals surface area contributed by atoms with Gasteiger partial charge in [-0.2, -0.15) is 5.10 Å². The van der Waals surface area contributed by atoms with Gasteiger partial charge in [0.15, 0.2) is 5.65 Å². The van der Waals surface area contributed by atoms with Gasteiger partial charge in [-0.05, 0) is 49.9 Å². The molecular formula is C26H29N5O. The van der Waals surface area contributed by atoms with Gasteiger partial charge in [-0.3, -0.25) is 9.69 Å². The molecule has 1 N–H and O–H groups in total. The first kappa shape index (κ1) is 20.6. The number of aryl methyl sites for hydroxylation is 2. The largest absolute Gasteiger partial charge is 0.352 e. The molecule has 4 aromatic rings. The minimum absolute atomic E-state index is 0.112. The average molecular weight is 428 g/mol. The van der Waals surface area contributed by atoms with E-state index in [-0.39, 0.29) is 11.9 Å². The minimum Gasteiger partial charge on any atom is -0.352 e. The second-order valence-electron chi connectivity index (χ2n) is 8.79. The number of fused-ring (bicyclic) bond motifs is 3. The van der Waals surface area contributed by atoms with Crippen LogP contribution in [0.5, 0.6) is 0 Å². The number of nitrogens with zero attached hydrogens (tertiary/aromatic N) is 4. The topological polar surface area (TPSA) is 62.5 Å². The number of benzene rings is 2. The highest BCUT2D eigenvalue weighted by Crippen LogP contribution is 2.23. The van der Waals surface area contributed by atoms with Gasteiger partial charge in [-0.1, -0.05) is 42.5 Å². The highest BCUT2D eigenvalue weighted by atomic mass is 16.1. The third kappa shape index (κ3) is 4.10. The molecule has 2 aromatic heterocycles. The summed E-state index contributed by atoms with van der Waals surface area (Å²) in [5.41, 5.74) is 6.29. The van der Waals surface area contributed by atoms with E-state index in [9.17, 15) is 4.79 Å². The fourth-order valence-electron chi connectivity index (χ4n) is 4.81.